The van der Waals surface area contributed by atoms with Crippen molar-refractivity contribution in [3.63, 3.8) is 0 Å². The van der Waals surface area contributed by atoms with Gasteiger partial charge >= 0.3 is 0 Å². The lowest BCUT2D eigenvalue weighted by molar-refractivity contribution is 0.642. The first-order valence-electron chi connectivity index (χ1n) is 7.24. The molecule has 0 radical (unpaired) electrons. The number of halogens is 3. The fourth-order valence-corrected chi connectivity index (χ4v) is 3.81. The first-order valence-corrected chi connectivity index (χ1v) is 8.37. The zero-order valence-corrected chi connectivity index (χ0v) is 14.3. The fraction of sp³-hybridized carbons (Fsp3) is 0.188. The molecule has 0 spiro atoms. The van der Waals surface area contributed by atoms with Gasteiger partial charge in [-0.3, -0.25) is 0 Å². The maximum absolute atomic E-state index is 6.63. The highest BCUT2D eigenvalue weighted by atomic mass is 35.5. The van der Waals surface area contributed by atoms with Crippen LogP contribution in [0.1, 0.15) is 6.42 Å². The molecule has 7 heteroatoms. The van der Waals surface area contributed by atoms with Gasteiger partial charge in [-0.2, -0.15) is 0 Å². The molecule has 118 valence electrons. The van der Waals surface area contributed by atoms with Crippen molar-refractivity contribution in [2.75, 3.05) is 17.6 Å². The topological polar surface area (TPSA) is 55.9 Å². The lowest BCUT2D eigenvalue weighted by atomic mass is 10.0. The molecule has 4 nitrogen and oxygen atoms in total. The highest BCUT2D eigenvalue weighted by molar-refractivity contribution is 6.40. The number of nitrogen functional groups attached to an aromatic ring is 1. The Balaban J connectivity index is 2.01. The average molecular weight is 368 g/mol. The lowest BCUT2D eigenvalue weighted by Gasteiger charge is -2.16. The number of hydrogen-bond donors (Lipinski definition) is 2. The summed E-state index contributed by atoms with van der Waals surface area (Å²) in [5.74, 6) is 0.805. The van der Waals surface area contributed by atoms with Crippen LogP contribution < -0.4 is 11.1 Å². The molecule has 2 aromatic carbocycles. The molecule has 0 aliphatic carbocycles. The largest absolute Gasteiger partial charge is 0.397 e. The third kappa shape index (κ3) is 2.33. The predicted molar refractivity (Wildman–Crippen MR) is 97.7 cm³/mol. The maximum Gasteiger partial charge on any atom is 0.203 e. The van der Waals surface area contributed by atoms with Crippen molar-refractivity contribution in [2.45, 2.75) is 13.0 Å². The third-order valence-corrected chi connectivity index (χ3v) is 4.98. The number of nitrogens with zero attached hydrogens (tertiary/aromatic N) is 2. The van der Waals surface area contributed by atoms with Gasteiger partial charge < -0.3 is 15.6 Å². The summed E-state index contributed by atoms with van der Waals surface area (Å²) in [6, 6.07) is 7.16. The van der Waals surface area contributed by atoms with Crippen molar-refractivity contribution in [2.24, 2.45) is 0 Å². The third-order valence-electron chi connectivity index (χ3n) is 4.05. The first kappa shape index (κ1) is 14.9. The Kier molecular flexibility index (Phi) is 3.56. The van der Waals surface area contributed by atoms with Gasteiger partial charge in [0.25, 0.3) is 0 Å². The van der Waals surface area contributed by atoms with Crippen molar-refractivity contribution < 1.29 is 0 Å². The molecule has 1 aromatic heterocycles. The van der Waals surface area contributed by atoms with Crippen LogP contribution in [0.15, 0.2) is 24.3 Å². The number of benzene rings is 2. The van der Waals surface area contributed by atoms with Crippen LogP contribution in [0.5, 0.6) is 0 Å². The Bertz CT molecular complexity index is 933. The van der Waals surface area contributed by atoms with Gasteiger partial charge in [-0.1, -0.05) is 40.9 Å². The maximum atomic E-state index is 6.63. The van der Waals surface area contributed by atoms with Crippen LogP contribution in [-0.4, -0.2) is 16.1 Å². The molecule has 0 bridgehead atoms. The number of aromatic nitrogens is 2. The van der Waals surface area contributed by atoms with Crippen LogP contribution in [0.4, 0.5) is 11.6 Å². The summed E-state index contributed by atoms with van der Waals surface area (Å²) >= 11 is 18.9. The molecule has 0 fully saturated rings. The van der Waals surface area contributed by atoms with E-state index >= 15 is 0 Å². The van der Waals surface area contributed by atoms with Gasteiger partial charge in [0, 0.05) is 34.3 Å². The van der Waals surface area contributed by atoms with Gasteiger partial charge in [0.15, 0.2) is 0 Å². The van der Waals surface area contributed by atoms with E-state index in [4.69, 9.17) is 40.5 Å². The molecule has 0 saturated heterocycles. The Morgan fingerprint density at radius 1 is 1.13 bits per heavy atom. The van der Waals surface area contributed by atoms with E-state index in [-0.39, 0.29) is 0 Å². The molecule has 3 aromatic rings. The predicted octanol–water partition coefficient (Wildman–Crippen LogP) is 5.06. The standard InChI is InChI=1S/C16H13Cl3N4/c17-8-2-3-9(11(18)6-8)10-7-12(20)15-14(13(10)19)22-16-21-4-1-5-23(15)16/h2-3,6-7H,1,4-5,20H2,(H,21,22). The van der Waals surface area contributed by atoms with Gasteiger partial charge in [-0.25, -0.2) is 4.98 Å². The Hall–Kier alpha value is -1.62. The van der Waals surface area contributed by atoms with Gasteiger partial charge in [-0.15, -0.1) is 0 Å². The van der Waals surface area contributed by atoms with E-state index in [1.54, 1.807) is 12.1 Å². The molecule has 0 unspecified atom stereocenters. The van der Waals surface area contributed by atoms with Crippen molar-refractivity contribution in [3.8, 4) is 11.1 Å². The van der Waals surface area contributed by atoms with Gasteiger partial charge in [-0.05, 0) is 24.6 Å². The first-order chi connectivity index (χ1) is 11.1. The zero-order valence-electron chi connectivity index (χ0n) is 12.0. The number of nitrogens with two attached hydrogens (primary N) is 1. The fourth-order valence-electron chi connectivity index (χ4n) is 3.01. The summed E-state index contributed by atoms with van der Waals surface area (Å²) in [7, 11) is 0. The molecule has 3 N–H and O–H groups in total. The molecule has 0 amide bonds. The molecule has 0 atom stereocenters. The Morgan fingerprint density at radius 2 is 1.96 bits per heavy atom. The SMILES string of the molecule is Nc1cc(-c2ccc(Cl)cc2Cl)c(Cl)c2nc3n(c12)CCCN3. The summed E-state index contributed by atoms with van der Waals surface area (Å²) in [6.07, 6.45) is 1.03. The van der Waals surface area contributed by atoms with Crippen LogP contribution in [0.25, 0.3) is 22.2 Å². The van der Waals surface area contributed by atoms with E-state index in [0.29, 0.717) is 26.3 Å². The van der Waals surface area contributed by atoms with Gasteiger partial charge in [0.05, 0.1) is 16.2 Å². The number of nitrogens with one attached hydrogen (secondary N) is 1. The number of hydrogen-bond acceptors (Lipinski definition) is 3. The number of anilines is 2. The van der Waals surface area contributed by atoms with Crippen molar-refractivity contribution in [3.05, 3.63) is 39.3 Å². The van der Waals surface area contributed by atoms with Crippen molar-refractivity contribution >= 4 is 57.5 Å². The second-order valence-corrected chi connectivity index (χ2v) is 6.74. The van der Waals surface area contributed by atoms with Crippen LogP contribution in [0.3, 0.4) is 0 Å². The second-order valence-electron chi connectivity index (χ2n) is 5.52. The normalized spacial score (nSPS) is 13.9. The van der Waals surface area contributed by atoms with E-state index in [1.165, 1.54) is 0 Å². The summed E-state index contributed by atoms with van der Waals surface area (Å²) in [4.78, 5) is 4.62. The molecule has 0 saturated carbocycles. The van der Waals surface area contributed by atoms with Crippen molar-refractivity contribution in [1.29, 1.82) is 0 Å². The van der Waals surface area contributed by atoms with Crippen LogP contribution in [0, 0.1) is 0 Å². The molecule has 2 heterocycles. The van der Waals surface area contributed by atoms with E-state index in [0.717, 1.165) is 42.1 Å². The molecular weight excluding hydrogens is 355 g/mol. The quantitative estimate of drug-likeness (QED) is 0.591. The Morgan fingerprint density at radius 3 is 2.74 bits per heavy atom. The zero-order chi connectivity index (χ0) is 16.1. The highest BCUT2D eigenvalue weighted by Gasteiger charge is 2.21. The number of fused-ring (bicyclic) bond motifs is 3. The van der Waals surface area contributed by atoms with Gasteiger partial charge in [0.2, 0.25) is 5.95 Å². The van der Waals surface area contributed by atoms with E-state index in [9.17, 15) is 0 Å². The lowest BCUT2D eigenvalue weighted by Crippen LogP contribution is -2.17. The molecule has 4 rings (SSSR count). The number of imidazole rings is 1. The second kappa shape index (κ2) is 5.48. The number of rotatable bonds is 1. The Labute approximate surface area is 148 Å². The highest BCUT2D eigenvalue weighted by Crippen LogP contribution is 2.42. The summed E-state index contributed by atoms with van der Waals surface area (Å²) in [5, 5.41) is 4.92. The smallest absolute Gasteiger partial charge is 0.203 e. The van der Waals surface area contributed by atoms with Crippen LogP contribution >= 0.6 is 34.8 Å². The minimum absolute atomic E-state index is 0.528. The number of aryl methyl sites for hydroxylation is 1. The summed E-state index contributed by atoms with van der Waals surface area (Å²) in [5.41, 5.74) is 10.0. The average Bonchev–Trinajstić information content (AvgIpc) is 2.92. The molecular formula is C16H13Cl3N4. The molecule has 23 heavy (non-hydrogen) atoms. The summed E-state index contributed by atoms with van der Waals surface area (Å²) in [6.45, 7) is 1.77. The van der Waals surface area contributed by atoms with Gasteiger partial charge in [0.1, 0.15) is 5.52 Å². The monoisotopic (exact) mass is 366 g/mol. The molecule has 1 aliphatic rings. The van der Waals surface area contributed by atoms with E-state index in [1.807, 2.05) is 12.1 Å². The van der Waals surface area contributed by atoms with E-state index in [2.05, 4.69) is 14.9 Å². The van der Waals surface area contributed by atoms with E-state index < -0.39 is 0 Å². The van der Waals surface area contributed by atoms with Crippen LogP contribution in [0.2, 0.25) is 15.1 Å². The molecule has 1 aliphatic heterocycles. The minimum atomic E-state index is 0.528. The van der Waals surface area contributed by atoms with Crippen LogP contribution in [-0.2, 0) is 6.54 Å². The summed E-state index contributed by atoms with van der Waals surface area (Å²) < 4.78 is 2.08. The minimum Gasteiger partial charge on any atom is -0.397 e. The van der Waals surface area contributed by atoms with Crippen molar-refractivity contribution in [1.82, 2.24) is 9.55 Å².